The number of benzene rings is 4. The molecule has 4 aliphatic heterocycles. The van der Waals surface area contributed by atoms with Crippen molar-refractivity contribution in [1.29, 1.82) is 0 Å². The number of amides is 5. The molecule has 15 nitrogen and oxygen atoms in total. The van der Waals surface area contributed by atoms with Crippen LogP contribution in [-0.2, 0) is 22.2 Å². The fraction of sp³-hybridized carbons (Fsp3) is 0.473. The molecule has 5 aromatic rings. The number of nitrogens with two attached hydrogens (primary N) is 1. The SMILES string of the molecule is CC1CC(N2CCC(c3c(F)cc4c(N5CCC(=O)NC5=O)nn(C)c4c3F)CC2)CCN1C(=O)C1CCC(NCC2(c3ccccc3)Oc3cc(F)c(Cl)c(-c4c(C(N)=O)ccc(OCCO)c4F)c3C2C)CC1. The maximum Gasteiger partial charge on any atom is 0.329 e. The number of aliphatic hydroxyl groups is 1. The summed E-state index contributed by atoms with van der Waals surface area (Å²) in [6.07, 6.45) is 5.52. The van der Waals surface area contributed by atoms with Gasteiger partial charge in [0.1, 0.15) is 29.5 Å². The summed E-state index contributed by atoms with van der Waals surface area (Å²) in [4.78, 5) is 57.0. The van der Waals surface area contributed by atoms with E-state index in [2.05, 4.69) is 27.6 Å². The van der Waals surface area contributed by atoms with Gasteiger partial charge in [0.2, 0.25) is 17.7 Å². The Kier molecular flexibility index (Phi) is 14.6. The average molecular weight is 1060 g/mol. The third-order valence-electron chi connectivity index (χ3n) is 16.5. The molecule has 20 heteroatoms. The number of ether oxygens (including phenoxy) is 2. The summed E-state index contributed by atoms with van der Waals surface area (Å²) in [6.45, 7) is 5.59. The van der Waals surface area contributed by atoms with Crippen molar-refractivity contribution in [3.63, 3.8) is 0 Å². The Labute approximate surface area is 436 Å². The topological polar surface area (TPSA) is 185 Å². The number of piperidine rings is 2. The number of nitrogens with zero attached hydrogens (tertiary/aromatic N) is 5. The Morgan fingerprint density at radius 2 is 1.65 bits per heavy atom. The lowest BCUT2D eigenvalue weighted by molar-refractivity contribution is -0.141. The van der Waals surface area contributed by atoms with E-state index in [0.717, 1.165) is 31.2 Å². The average Bonchev–Trinajstić information content (AvgIpc) is 3.96. The number of carbonyl (C=O) groups is 4. The van der Waals surface area contributed by atoms with Gasteiger partial charge in [0.15, 0.2) is 28.8 Å². The van der Waals surface area contributed by atoms with E-state index in [4.69, 9.17) is 26.8 Å². The van der Waals surface area contributed by atoms with E-state index in [1.165, 1.54) is 33.8 Å². The van der Waals surface area contributed by atoms with E-state index in [1.54, 1.807) is 7.05 Å². The number of rotatable bonds is 13. The van der Waals surface area contributed by atoms with E-state index in [9.17, 15) is 24.3 Å². The number of anilines is 1. The van der Waals surface area contributed by atoms with Gasteiger partial charge in [-0.2, -0.15) is 5.10 Å². The van der Waals surface area contributed by atoms with Crippen molar-refractivity contribution in [2.24, 2.45) is 18.7 Å². The predicted octanol–water partition coefficient (Wildman–Crippen LogP) is 8.17. The molecule has 5 heterocycles. The minimum absolute atomic E-state index is 0.000857. The van der Waals surface area contributed by atoms with Crippen LogP contribution in [0.2, 0.25) is 5.02 Å². The quantitative estimate of drug-likeness (QED) is 0.0840. The molecule has 4 atom stereocenters. The number of imide groups is 1. The number of urea groups is 1. The van der Waals surface area contributed by atoms with Crippen LogP contribution in [-0.4, -0.2) is 113 Å². The summed E-state index contributed by atoms with van der Waals surface area (Å²) in [5, 5.41) is 19.5. The summed E-state index contributed by atoms with van der Waals surface area (Å²) in [6, 6.07) is 13.9. The second kappa shape index (κ2) is 21.0. The van der Waals surface area contributed by atoms with E-state index >= 15 is 17.6 Å². The molecule has 0 bridgehead atoms. The van der Waals surface area contributed by atoms with Gasteiger partial charge in [0, 0.05) is 91.4 Å². The molecule has 5 aliphatic rings. The van der Waals surface area contributed by atoms with Gasteiger partial charge < -0.3 is 35.4 Å². The number of aromatic nitrogens is 2. The summed E-state index contributed by atoms with van der Waals surface area (Å²) in [7, 11) is 1.55. The molecule has 5 amide bonds. The molecule has 4 aromatic carbocycles. The van der Waals surface area contributed by atoms with Gasteiger partial charge in [-0.1, -0.05) is 48.9 Å². The summed E-state index contributed by atoms with van der Waals surface area (Å²) >= 11 is 6.72. The Morgan fingerprint density at radius 1 is 0.920 bits per heavy atom. The number of halogens is 5. The number of hydrogen-bond donors (Lipinski definition) is 4. The molecule has 5 N–H and O–H groups in total. The molecule has 10 rings (SSSR count). The summed E-state index contributed by atoms with van der Waals surface area (Å²) < 4.78 is 78.2. The number of nitrogens with one attached hydrogen (secondary N) is 2. The normalized spacial score (nSPS) is 24.6. The van der Waals surface area contributed by atoms with Crippen LogP contribution in [0.25, 0.3) is 22.0 Å². The van der Waals surface area contributed by atoms with Crippen LogP contribution in [0.5, 0.6) is 11.5 Å². The first-order valence-corrected chi connectivity index (χ1v) is 26.3. The molecule has 1 aliphatic carbocycles. The van der Waals surface area contributed by atoms with Gasteiger partial charge >= 0.3 is 6.03 Å². The third-order valence-corrected chi connectivity index (χ3v) is 16.9. The summed E-state index contributed by atoms with van der Waals surface area (Å²) in [5.41, 5.74) is 5.27. The first-order valence-electron chi connectivity index (χ1n) is 25.9. The molecule has 3 saturated heterocycles. The first-order chi connectivity index (χ1) is 36.0. The minimum atomic E-state index is -1.14. The van der Waals surface area contributed by atoms with Crippen molar-refractivity contribution in [3.05, 3.63) is 105 Å². The maximum absolute atomic E-state index is 16.5. The zero-order valence-corrected chi connectivity index (χ0v) is 42.8. The fourth-order valence-electron chi connectivity index (χ4n) is 12.6. The van der Waals surface area contributed by atoms with E-state index in [0.29, 0.717) is 50.9 Å². The number of aryl methyl sites for hydroxylation is 1. The molecule has 0 spiro atoms. The number of fused-ring (bicyclic) bond motifs is 2. The highest BCUT2D eigenvalue weighted by molar-refractivity contribution is 6.34. The molecule has 0 radical (unpaired) electrons. The van der Waals surface area contributed by atoms with Crippen LogP contribution in [0, 0.1) is 29.2 Å². The Balaban J connectivity index is 0.769. The lowest BCUT2D eigenvalue weighted by atomic mass is 9.77. The van der Waals surface area contributed by atoms with Crippen LogP contribution in [0.4, 0.5) is 28.2 Å². The van der Waals surface area contributed by atoms with E-state index in [1.807, 2.05) is 42.2 Å². The second-order valence-corrected chi connectivity index (χ2v) is 21.1. The lowest BCUT2D eigenvalue weighted by Crippen LogP contribution is -2.54. The number of primary amides is 1. The minimum Gasteiger partial charge on any atom is -0.488 e. The highest BCUT2D eigenvalue weighted by Crippen LogP contribution is 2.57. The van der Waals surface area contributed by atoms with Crippen molar-refractivity contribution >= 4 is 52.1 Å². The molecule has 75 heavy (non-hydrogen) atoms. The molecule has 4 unspecified atom stereocenters. The molecule has 1 saturated carbocycles. The van der Waals surface area contributed by atoms with Crippen LogP contribution in [0.1, 0.15) is 111 Å². The largest absolute Gasteiger partial charge is 0.488 e. The Hall–Kier alpha value is -6.28. The van der Waals surface area contributed by atoms with Crippen molar-refractivity contribution in [2.45, 2.75) is 107 Å². The van der Waals surface area contributed by atoms with Crippen molar-refractivity contribution in [1.82, 2.24) is 30.2 Å². The van der Waals surface area contributed by atoms with E-state index in [-0.39, 0.29) is 112 Å². The third kappa shape index (κ3) is 9.47. The highest BCUT2D eigenvalue weighted by atomic mass is 35.5. The van der Waals surface area contributed by atoms with Gasteiger partial charge in [-0.05, 0) is 101 Å². The molecule has 1 aromatic heterocycles. The maximum atomic E-state index is 16.5. The van der Waals surface area contributed by atoms with Crippen molar-refractivity contribution < 1.29 is 51.3 Å². The number of likely N-dealkylation sites (tertiary alicyclic amines) is 2. The van der Waals surface area contributed by atoms with Crippen LogP contribution in [0.3, 0.4) is 0 Å². The van der Waals surface area contributed by atoms with Crippen molar-refractivity contribution in [2.75, 3.05) is 50.8 Å². The fourth-order valence-corrected chi connectivity index (χ4v) is 12.9. The van der Waals surface area contributed by atoms with Crippen molar-refractivity contribution in [3.8, 4) is 22.6 Å². The van der Waals surface area contributed by atoms with Gasteiger partial charge in [-0.15, -0.1) is 0 Å². The monoisotopic (exact) mass is 1060 g/mol. The number of carbonyl (C=O) groups excluding carboxylic acids is 4. The Morgan fingerprint density at radius 3 is 2.33 bits per heavy atom. The van der Waals surface area contributed by atoms with Gasteiger partial charge in [0.05, 0.1) is 22.6 Å². The van der Waals surface area contributed by atoms with Gasteiger partial charge in [-0.3, -0.25) is 29.3 Å². The lowest BCUT2D eigenvalue weighted by Gasteiger charge is -2.46. The van der Waals surface area contributed by atoms with Crippen LogP contribution >= 0.6 is 11.6 Å². The van der Waals surface area contributed by atoms with Gasteiger partial charge in [-0.25, -0.2) is 22.4 Å². The zero-order valence-electron chi connectivity index (χ0n) is 42.1. The van der Waals surface area contributed by atoms with E-state index < -0.39 is 64.3 Å². The smallest absolute Gasteiger partial charge is 0.329 e. The molecular formula is C55H61ClF4N8O7. The first kappa shape index (κ1) is 52.2. The number of aliphatic hydroxyl groups excluding tert-OH is 1. The molecule has 398 valence electrons. The Bertz CT molecular complexity index is 3060. The van der Waals surface area contributed by atoms with Crippen LogP contribution in [0.15, 0.2) is 54.6 Å². The standard InChI is InChI=1S/C55H61ClF4N8O7/c1-29-25-35(66-19-15-31(16-20-66)44-38(57)26-37-50(49(44)60)65(3)64-52(37)68-22-18-42(70)63-54(68)73)17-21-67(29)53(72)32-9-11-34(12-10-32)62-28-55(33-7-5-4-6-8-33)30(2)43-41(75-55)27-39(58)47(56)46(43)45-36(51(61)71)13-14-40(48(45)59)74-24-23-69/h4-8,13-14,26-27,29-32,34-35,62,69H,9-12,15-25,28H2,1-3H3,(H2,61,71)(H,63,70,73). The summed E-state index contributed by atoms with van der Waals surface area (Å²) in [5.74, 6) is -5.61. The number of hydrogen-bond acceptors (Lipinski definition) is 10. The highest BCUT2D eigenvalue weighted by Gasteiger charge is 2.51. The molecule has 4 fully saturated rings. The molecular weight excluding hydrogens is 996 g/mol. The second-order valence-electron chi connectivity index (χ2n) is 20.8. The predicted molar refractivity (Wildman–Crippen MR) is 273 cm³/mol. The van der Waals surface area contributed by atoms with Gasteiger partial charge in [0.25, 0.3) is 0 Å². The van der Waals surface area contributed by atoms with Crippen LogP contribution < -0.4 is 30.7 Å². The zero-order chi connectivity index (χ0) is 53.0.